The molecule has 0 bridgehead atoms. The number of nitrogens with zero attached hydrogens (tertiary/aromatic N) is 1. The van der Waals surface area contributed by atoms with Gasteiger partial charge in [-0.3, -0.25) is 4.79 Å². The molecule has 0 amide bonds. The molecule has 0 saturated heterocycles. The van der Waals surface area contributed by atoms with Gasteiger partial charge in [0, 0.05) is 11.6 Å². The van der Waals surface area contributed by atoms with Gasteiger partial charge in [-0.2, -0.15) is 0 Å². The van der Waals surface area contributed by atoms with Crippen LogP contribution >= 0.6 is 23.2 Å². The third kappa shape index (κ3) is 2.19. The van der Waals surface area contributed by atoms with E-state index in [9.17, 15) is 4.79 Å². The van der Waals surface area contributed by atoms with Crippen molar-refractivity contribution in [3.05, 3.63) is 51.0 Å². The van der Waals surface area contributed by atoms with E-state index in [2.05, 4.69) is 9.97 Å². The number of rotatable bonds is 1. The van der Waals surface area contributed by atoms with Crippen LogP contribution in [0.3, 0.4) is 0 Å². The van der Waals surface area contributed by atoms with E-state index >= 15 is 0 Å². The van der Waals surface area contributed by atoms with Crippen molar-refractivity contribution in [1.82, 2.24) is 9.97 Å². The number of hydrogen-bond acceptors (Lipinski definition) is 2. The van der Waals surface area contributed by atoms with Gasteiger partial charge in [0.05, 0.1) is 5.69 Å². The van der Waals surface area contributed by atoms with E-state index < -0.39 is 0 Å². The first-order chi connectivity index (χ1) is 7.16. The first-order valence-electron chi connectivity index (χ1n) is 4.18. The van der Waals surface area contributed by atoms with E-state index in [-0.39, 0.29) is 10.7 Å². The lowest BCUT2D eigenvalue weighted by molar-refractivity contribution is 1.22. The van der Waals surface area contributed by atoms with E-state index in [4.69, 9.17) is 23.2 Å². The molecule has 3 nitrogen and oxygen atoms in total. The summed E-state index contributed by atoms with van der Waals surface area (Å²) in [4.78, 5) is 17.6. The maximum atomic E-state index is 11.1. The Morgan fingerprint density at radius 3 is 2.60 bits per heavy atom. The summed E-state index contributed by atoms with van der Waals surface area (Å²) < 4.78 is 0. The van der Waals surface area contributed by atoms with Gasteiger partial charge in [-0.1, -0.05) is 29.3 Å². The van der Waals surface area contributed by atoms with Crippen molar-refractivity contribution in [1.29, 1.82) is 0 Å². The number of pyridine rings is 2. The molecule has 0 aliphatic carbocycles. The molecule has 5 heteroatoms. The lowest BCUT2D eigenvalue weighted by Gasteiger charge is -2.02. The molecule has 1 N–H and O–H groups in total. The Hall–Kier alpha value is -1.32. The highest BCUT2D eigenvalue weighted by Crippen LogP contribution is 2.25. The number of nitrogens with one attached hydrogen (secondary N) is 1. The second-order valence-corrected chi connectivity index (χ2v) is 3.65. The molecule has 0 saturated carbocycles. The lowest BCUT2D eigenvalue weighted by Crippen LogP contribution is -2.03. The summed E-state index contributed by atoms with van der Waals surface area (Å²) in [5.41, 5.74) is 1.09. The topological polar surface area (TPSA) is 45.8 Å². The minimum Gasteiger partial charge on any atom is -0.322 e. The summed E-state index contributed by atoms with van der Waals surface area (Å²) in [7, 11) is 0. The van der Waals surface area contributed by atoms with E-state index in [0.717, 1.165) is 0 Å². The first-order valence-corrected chi connectivity index (χ1v) is 4.94. The van der Waals surface area contributed by atoms with Gasteiger partial charge in [-0.15, -0.1) is 0 Å². The Morgan fingerprint density at radius 1 is 1.13 bits per heavy atom. The van der Waals surface area contributed by atoms with Gasteiger partial charge in [-0.05, 0) is 18.2 Å². The zero-order valence-electron chi connectivity index (χ0n) is 7.50. The van der Waals surface area contributed by atoms with Gasteiger partial charge in [0.15, 0.2) is 0 Å². The van der Waals surface area contributed by atoms with Crippen LogP contribution in [-0.2, 0) is 0 Å². The summed E-state index contributed by atoms with van der Waals surface area (Å²) in [6.45, 7) is 0. The van der Waals surface area contributed by atoms with Gasteiger partial charge >= 0.3 is 0 Å². The largest absolute Gasteiger partial charge is 0.322 e. The smallest absolute Gasteiger partial charge is 0.248 e. The van der Waals surface area contributed by atoms with Crippen LogP contribution in [0.5, 0.6) is 0 Å². The van der Waals surface area contributed by atoms with Gasteiger partial charge in [0.1, 0.15) is 10.3 Å². The van der Waals surface area contributed by atoms with Crippen molar-refractivity contribution in [2.45, 2.75) is 0 Å². The molecule has 0 fully saturated rings. The number of halogens is 2. The predicted octanol–water partition coefficient (Wildman–Crippen LogP) is 2.74. The van der Waals surface area contributed by atoms with Crippen LogP contribution in [0.25, 0.3) is 11.3 Å². The molecule has 0 aliphatic rings. The van der Waals surface area contributed by atoms with Crippen LogP contribution in [0, 0.1) is 0 Å². The van der Waals surface area contributed by atoms with Gasteiger partial charge < -0.3 is 4.98 Å². The lowest BCUT2D eigenvalue weighted by atomic mass is 10.2. The second kappa shape index (κ2) is 4.04. The van der Waals surface area contributed by atoms with Crippen LogP contribution in [-0.4, -0.2) is 9.97 Å². The Labute approximate surface area is 95.7 Å². The van der Waals surface area contributed by atoms with Crippen molar-refractivity contribution < 1.29 is 0 Å². The average molecular weight is 241 g/mol. The Balaban J connectivity index is 2.59. The van der Waals surface area contributed by atoms with Gasteiger partial charge in [-0.25, -0.2) is 4.98 Å². The number of aromatic nitrogens is 2. The highest BCUT2D eigenvalue weighted by atomic mass is 35.5. The molecule has 0 spiro atoms. The molecule has 2 aromatic rings. The Bertz CT molecular complexity index is 551. The van der Waals surface area contributed by atoms with Crippen molar-refractivity contribution in [3.63, 3.8) is 0 Å². The highest BCUT2D eigenvalue weighted by Gasteiger charge is 2.05. The third-order valence-electron chi connectivity index (χ3n) is 1.87. The molecule has 2 heterocycles. The normalized spacial score (nSPS) is 10.3. The minimum atomic E-state index is -0.182. The number of hydrogen-bond donors (Lipinski definition) is 1. The van der Waals surface area contributed by atoms with Crippen molar-refractivity contribution in [2.24, 2.45) is 0 Å². The fourth-order valence-corrected chi connectivity index (χ4v) is 1.66. The van der Waals surface area contributed by atoms with E-state index in [0.29, 0.717) is 16.4 Å². The molecule has 2 rings (SSSR count). The van der Waals surface area contributed by atoms with Crippen molar-refractivity contribution in [3.8, 4) is 11.3 Å². The molecular weight excluding hydrogens is 235 g/mol. The molecule has 0 aromatic carbocycles. The molecule has 15 heavy (non-hydrogen) atoms. The zero-order valence-corrected chi connectivity index (χ0v) is 9.01. The highest BCUT2D eigenvalue weighted by molar-refractivity contribution is 6.34. The van der Waals surface area contributed by atoms with Crippen molar-refractivity contribution >= 4 is 23.2 Å². The van der Waals surface area contributed by atoms with Crippen molar-refractivity contribution in [2.75, 3.05) is 0 Å². The molecular formula is C10H6Cl2N2O. The quantitative estimate of drug-likeness (QED) is 0.780. The average Bonchev–Trinajstić information content (AvgIpc) is 2.17. The molecule has 0 radical (unpaired) electrons. The Kier molecular flexibility index (Phi) is 2.75. The molecule has 2 aromatic heterocycles. The second-order valence-electron chi connectivity index (χ2n) is 2.90. The van der Waals surface area contributed by atoms with Crippen LogP contribution in [0.4, 0.5) is 0 Å². The fraction of sp³-hybridized carbons (Fsp3) is 0. The monoisotopic (exact) mass is 240 g/mol. The molecule has 0 unspecified atom stereocenters. The summed E-state index contributed by atoms with van der Waals surface area (Å²) in [5, 5.41) is 0.589. The summed E-state index contributed by atoms with van der Waals surface area (Å²) >= 11 is 11.6. The third-order valence-corrected chi connectivity index (χ3v) is 2.37. The summed E-state index contributed by atoms with van der Waals surface area (Å²) in [6, 6.07) is 8.16. The van der Waals surface area contributed by atoms with E-state index in [1.807, 2.05) is 0 Å². The maximum absolute atomic E-state index is 11.1. The maximum Gasteiger partial charge on any atom is 0.248 e. The first kappa shape index (κ1) is 10.2. The van der Waals surface area contributed by atoms with Gasteiger partial charge in [0.2, 0.25) is 5.56 Å². The Morgan fingerprint density at radius 2 is 1.93 bits per heavy atom. The van der Waals surface area contributed by atoms with Crippen LogP contribution in [0.2, 0.25) is 10.3 Å². The van der Waals surface area contributed by atoms with E-state index in [1.54, 1.807) is 24.3 Å². The number of aromatic amines is 1. The minimum absolute atomic E-state index is 0.182. The van der Waals surface area contributed by atoms with Crippen LogP contribution < -0.4 is 5.56 Å². The fourth-order valence-electron chi connectivity index (χ4n) is 1.22. The van der Waals surface area contributed by atoms with E-state index in [1.165, 1.54) is 6.07 Å². The van der Waals surface area contributed by atoms with Crippen LogP contribution in [0.1, 0.15) is 0 Å². The molecule has 76 valence electrons. The number of H-pyrrole nitrogens is 1. The molecule has 0 atom stereocenters. The summed E-state index contributed by atoms with van der Waals surface area (Å²) in [6.07, 6.45) is 0. The summed E-state index contributed by atoms with van der Waals surface area (Å²) in [5.74, 6) is 0. The standard InChI is InChI=1S/C10H6Cl2N2O/c11-8-5-4-6(10(12)14-8)7-2-1-3-9(15)13-7/h1-5H,(H,13,15). The molecule has 0 aliphatic heterocycles. The zero-order chi connectivity index (χ0) is 10.8. The predicted molar refractivity (Wildman–Crippen MR) is 60.3 cm³/mol. The van der Waals surface area contributed by atoms with Gasteiger partial charge in [0.25, 0.3) is 0 Å². The SMILES string of the molecule is O=c1cccc(-c2ccc(Cl)nc2Cl)[nH]1. The van der Waals surface area contributed by atoms with Crippen LogP contribution in [0.15, 0.2) is 35.1 Å².